The maximum absolute atomic E-state index is 13.3. The highest BCUT2D eigenvalue weighted by molar-refractivity contribution is 6.28. The van der Waals surface area contributed by atoms with Crippen molar-refractivity contribution in [3.8, 4) is 0 Å². The number of hydrogen-bond donors (Lipinski definition) is 2. The molecule has 140 valence electrons. The van der Waals surface area contributed by atoms with E-state index in [-0.39, 0.29) is 27.9 Å². The number of benzene rings is 1. The first kappa shape index (κ1) is 19.9. The van der Waals surface area contributed by atoms with Crippen LogP contribution in [0.2, 0.25) is 5.28 Å². The molecule has 0 unspecified atom stereocenters. The van der Waals surface area contributed by atoms with Crippen LogP contribution >= 0.6 is 11.6 Å². The van der Waals surface area contributed by atoms with E-state index in [2.05, 4.69) is 15.3 Å². The number of halogens is 4. The first-order valence-electron chi connectivity index (χ1n) is 7.31. The number of ether oxygens (including phenoxy) is 1. The number of methoxy groups -OCH3 is 1. The van der Waals surface area contributed by atoms with Crippen LogP contribution in [0.25, 0.3) is 0 Å². The Morgan fingerprint density at radius 1 is 1.23 bits per heavy atom. The fourth-order valence-electron chi connectivity index (χ4n) is 2.10. The normalized spacial score (nSPS) is 12.1. The fraction of sp³-hybridized carbons (Fsp3) is 0.312. The molecule has 0 fully saturated rings. The first-order valence-corrected chi connectivity index (χ1v) is 7.69. The highest BCUT2D eigenvalue weighted by Gasteiger charge is 2.33. The average Bonchev–Trinajstić information content (AvgIpc) is 2.53. The molecule has 1 aromatic heterocycles. The quantitative estimate of drug-likeness (QED) is 0.759. The van der Waals surface area contributed by atoms with Gasteiger partial charge >= 0.3 is 6.18 Å². The van der Waals surface area contributed by atoms with E-state index < -0.39 is 23.2 Å². The van der Waals surface area contributed by atoms with E-state index in [1.807, 2.05) is 0 Å². The van der Waals surface area contributed by atoms with Crippen LogP contribution in [-0.4, -0.2) is 23.0 Å². The van der Waals surface area contributed by atoms with Crippen LogP contribution < -0.4 is 11.1 Å². The van der Waals surface area contributed by atoms with Crippen molar-refractivity contribution in [2.24, 2.45) is 5.73 Å². The van der Waals surface area contributed by atoms with E-state index in [1.54, 1.807) is 13.8 Å². The molecule has 2 rings (SSSR count). The Morgan fingerprint density at radius 2 is 1.85 bits per heavy atom. The molecule has 0 atom stereocenters. The second kappa shape index (κ2) is 7.08. The number of nitrogens with one attached hydrogen (secondary N) is 1. The number of primary amides is 1. The van der Waals surface area contributed by atoms with Gasteiger partial charge in [-0.1, -0.05) is 0 Å². The molecule has 0 spiro atoms. The summed E-state index contributed by atoms with van der Waals surface area (Å²) in [6.45, 7) is 3.26. The molecular weight excluding hydrogens is 373 g/mol. The third kappa shape index (κ3) is 4.41. The van der Waals surface area contributed by atoms with Crippen molar-refractivity contribution in [2.75, 3.05) is 12.4 Å². The molecule has 0 bridgehead atoms. The summed E-state index contributed by atoms with van der Waals surface area (Å²) in [7, 11) is 1.39. The number of nitrogens with two attached hydrogens (primary N) is 1. The second-order valence-corrected chi connectivity index (χ2v) is 6.24. The molecule has 0 saturated heterocycles. The molecule has 1 amide bonds. The van der Waals surface area contributed by atoms with Gasteiger partial charge in [-0.3, -0.25) is 4.79 Å². The van der Waals surface area contributed by atoms with Gasteiger partial charge in [0.25, 0.3) is 5.91 Å². The minimum Gasteiger partial charge on any atom is -0.374 e. The van der Waals surface area contributed by atoms with E-state index in [9.17, 15) is 18.0 Å². The maximum atomic E-state index is 13.3. The number of carbonyl (C=O) groups is 1. The molecule has 1 heterocycles. The van der Waals surface area contributed by atoms with Crippen molar-refractivity contribution < 1.29 is 22.7 Å². The van der Waals surface area contributed by atoms with Crippen LogP contribution in [0.3, 0.4) is 0 Å². The number of rotatable bonds is 5. The van der Waals surface area contributed by atoms with Gasteiger partial charge in [0.15, 0.2) is 0 Å². The zero-order chi connectivity index (χ0) is 19.7. The monoisotopic (exact) mass is 388 g/mol. The lowest BCUT2D eigenvalue weighted by Crippen LogP contribution is -2.21. The zero-order valence-corrected chi connectivity index (χ0v) is 14.9. The lowest BCUT2D eigenvalue weighted by Gasteiger charge is -2.25. The van der Waals surface area contributed by atoms with Gasteiger partial charge in [0.2, 0.25) is 5.28 Å². The predicted molar refractivity (Wildman–Crippen MR) is 90.3 cm³/mol. The molecule has 10 heteroatoms. The van der Waals surface area contributed by atoms with Crippen molar-refractivity contribution in [3.63, 3.8) is 0 Å². The number of hydrogen-bond acceptors (Lipinski definition) is 5. The summed E-state index contributed by atoms with van der Waals surface area (Å²) in [6.07, 6.45) is -3.49. The third-order valence-corrected chi connectivity index (χ3v) is 3.94. The van der Waals surface area contributed by atoms with Gasteiger partial charge in [0.1, 0.15) is 11.4 Å². The molecule has 0 aliphatic carbocycles. The van der Waals surface area contributed by atoms with Crippen LogP contribution in [0, 0.1) is 0 Å². The molecule has 0 aliphatic rings. The molecule has 3 N–H and O–H groups in total. The van der Waals surface area contributed by atoms with Gasteiger partial charge in [0, 0.05) is 19.0 Å². The molecule has 2 aromatic rings. The first-order chi connectivity index (χ1) is 11.9. The van der Waals surface area contributed by atoms with E-state index in [1.165, 1.54) is 13.2 Å². The van der Waals surface area contributed by atoms with Crippen molar-refractivity contribution in [1.82, 2.24) is 9.97 Å². The molecule has 0 aliphatic heterocycles. The molecule has 0 radical (unpaired) electrons. The molecular formula is C16H16ClF3N4O2. The van der Waals surface area contributed by atoms with E-state index in [0.29, 0.717) is 0 Å². The Bertz CT molecular complexity index is 841. The molecule has 6 nitrogen and oxygen atoms in total. The lowest BCUT2D eigenvalue weighted by atomic mass is 9.95. The number of amides is 1. The highest BCUT2D eigenvalue weighted by Crippen LogP contribution is 2.36. The summed E-state index contributed by atoms with van der Waals surface area (Å²) in [5, 5.41) is 2.46. The Kier molecular flexibility index (Phi) is 5.43. The van der Waals surface area contributed by atoms with Gasteiger partial charge in [-0.05, 0) is 49.2 Å². The highest BCUT2D eigenvalue weighted by atomic mass is 35.5. The average molecular weight is 389 g/mol. The van der Waals surface area contributed by atoms with Gasteiger partial charge in [-0.25, -0.2) is 4.98 Å². The van der Waals surface area contributed by atoms with Crippen LogP contribution in [0.1, 0.15) is 35.3 Å². The van der Waals surface area contributed by atoms with Gasteiger partial charge in [-0.2, -0.15) is 18.2 Å². The van der Waals surface area contributed by atoms with Crippen molar-refractivity contribution >= 4 is 29.0 Å². The predicted octanol–water partition coefficient (Wildman–Crippen LogP) is 3.87. The SMILES string of the molecule is COC(C)(C)c1cc(Nc2nc(Cl)ncc2C(N)=O)cc(C(F)(F)F)c1. The smallest absolute Gasteiger partial charge is 0.374 e. The minimum atomic E-state index is -4.58. The summed E-state index contributed by atoms with van der Waals surface area (Å²) >= 11 is 5.70. The number of nitrogens with zero attached hydrogens (tertiary/aromatic N) is 2. The van der Waals surface area contributed by atoms with E-state index in [0.717, 1.165) is 18.3 Å². The van der Waals surface area contributed by atoms with Crippen LogP contribution in [-0.2, 0) is 16.5 Å². The minimum absolute atomic E-state index is 0.0391. The van der Waals surface area contributed by atoms with E-state index >= 15 is 0 Å². The fourth-order valence-corrected chi connectivity index (χ4v) is 2.23. The number of anilines is 2. The topological polar surface area (TPSA) is 90.1 Å². The van der Waals surface area contributed by atoms with Crippen molar-refractivity contribution in [1.29, 1.82) is 0 Å². The standard InChI is InChI=1S/C16H16ClF3N4O2/c1-15(2,26-3)8-4-9(16(18,19)20)6-10(5-8)23-13-11(12(21)25)7-22-14(17)24-13/h4-7H,1-3H3,(H2,21,25)(H,22,23,24). The Morgan fingerprint density at radius 3 is 2.38 bits per heavy atom. The van der Waals surface area contributed by atoms with Gasteiger partial charge in [-0.15, -0.1) is 0 Å². The van der Waals surface area contributed by atoms with Crippen LogP contribution in [0.4, 0.5) is 24.7 Å². The third-order valence-electron chi connectivity index (χ3n) is 3.75. The summed E-state index contributed by atoms with van der Waals surface area (Å²) in [4.78, 5) is 18.9. The lowest BCUT2D eigenvalue weighted by molar-refractivity contribution is -0.137. The largest absolute Gasteiger partial charge is 0.416 e. The number of alkyl halides is 3. The summed E-state index contributed by atoms with van der Waals surface area (Å²) in [5.41, 5.74) is 3.58. The van der Waals surface area contributed by atoms with Crippen molar-refractivity contribution in [2.45, 2.75) is 25.6 Å². The van der Waals surface area contributed by atoms with E-state index in [4.69, 9.17) is 22.1 Å². The van der Waals surface area contributed by atoms with Crippen molar-refractivity contribution in [3.05, 3.63) is 46.4 Å². The zero-order valence-electron chi connectivity index (χ0n) is 14.1. The summed E-state index contributed by atoms with van der Waals surface area (Å²) in [6, 6.07) is 3.34. The summed E-state index contributed by atoms with van der Waals surface area (Å²) in [5.74, 6) is -0.952. The van der Waals surface area contributed by atoms with Crippen LogP contribution in [0.15, 0.2) is 24.4 Å². The summed E-state index contributed by atoms with van der Waals surface area (Å²) < 4.78 is 45.0. The van der Waals surface area contributed by atoms with Crippen LogP contribution in [0.5, 0.6) is 0 Å². The Balaban J connectivity index is 2.58. The second-order valence-electron chi connectivity index (χ2n) is 5.90. The number of carbonyl (C=O) groups excluding carboxylic acids is 1. The van der Waals surface area contributed by atoms with Gasteiger partial charge < -0.3 is 15.8 Å². The molecule has 26 heavy (non-hydrogen) atoms. The Labute approximate surface area is 152 Å². The molecule has 0 saturated carbocycles. The Hall–Kier alpha value is -2.39. The molecule has 1 aromatic carbocycles. The van der Waals surface area contributed by atoms with Gasteiger partial charge in [0.05, 0.1) is 11.2 Å². The number of aromatic nitrogens is 2. The maximum Gasteiger partial charge on any atom is 0.416 e.